The van der Waals surface area contributed by atoms with E-state index in [1.165, 1.54) is 0 Å². The minimum atomic E-state index is -0.565. The fourth-order valence-corrected chi connectivity index (χ4v) is 3.53. The van der Waals surface area contributed by atoms with Crippen LogP contribution < -0.4 is 5.32 Å². The van der Waals surface area contributed by atoms with Gasteiger partial charge in [-0.05, 0) is 68.4 Å². The smallest absolute Gasteiger partial charge is 0.338 e. The summed E-state index contributed by atoms with van der Waals surface area (Å²) in [7, 11) is 0. The lowest BCUT2D eigenvalue weighted by Crippen LogP contribution is -2.21. The molecule has 1 heterocycles. The number of anilines is 1. The van der Waals surface area contributed by atoms with Crippen molar-refractivity contribution in [3.63, 3.8) is 0 Å². The van der Waals surface area contributed by atoms with E-state index >= 15 is 0 Å². The molecule has 0 saturated heterocycles. The van der Waals surface area contributed by atoms with Crippen molar-refractivity contribution in [2.45, 2.75) is 13.8 Å². The molecule has 28 heavy (non-hydrogen) atoms. The Morgan fingerprint density at radius 3 is 2.29 bits per heavy atom. The van der Waals surface area contributed by atoms with Gasteiger partial charge < -0.3 is 14.6 Å². The van der Waals surface area contributed by atoms with Gasteiger partial charge in [0.15, 0.2) is 6.61 Å². The van der Waals surface area contributed by atoms with E-state index in [1.54, 1.807) is 30.3 Å². The SMILES string of the molecule is Cc1ccc(C)n1-c1ccc(C(=O)OCC(=O)Nc2ccc(Br)cc2Cl)cc1. The molecule has 2 aromatic carbocycles. The van der Waals surface area contributed by atoms with E-state index in [2.05, 4.69) is 25.8 Å². The van der Waals surface area contributed by atoms with Crippen molar-refractivity contribution in [1.29, 1.82) is 0 Å². The van der Waals surface area contributed by atoms with Gasteiger partial charge in [-0.2, -0.15) is 0 Å². The van der Waals surface area contributed by atoms with Crippen LogP contribution in [0, 0.1) is 13.8 Å². The predicted octanol–water partition coefficient (Wildman–Crippen LogP) is 5.31. The first-order valence-corrected chi connectivity index (χ1v) is 9.69. The highest BCUT2D eigenvalue weighted by atomic mass is 79.9. The van der Waals surface area contributed by atoms with Crippen LogP contribution in [0.5, 0.6) is 0 Å². The number of carbonyl (C=O) groups is 2. The zero-order valence-electron chi connectivity index (χ0n) is 15.3. The molecule has 3 aromatic rings. The van der Waals surface area contributed by atoms with E-state index in [0.29, 0.717) is 16.3 Å². The first-order chi connectivity index (χ1) is 13.3. The molecular weight excluding hydrogens is 444 g/mol. The zero-order chi connectivity index (χ0) is 20.3. The maximum atomic E-state index is 12.2. The molecule has 144 valence electrons. The Morgan fingerprint density at radius 2 is 1.68 bits per heavy atom. The van der Waals surface area contributed by atoms with Gasteiger partial charge >= 0.3 is 5.97 Å². The number of hydrogen-bond acceptors (Lipinski definition) is 3. The fraction of sp³-hybridized carbons (Fsp3) is 0.143. The molecule has 3 rings (SSSR count). The summed E-state index contributed by atoms with van der Waals surface area (Å²) in [4.78, 5) is 24.2. The summed E-state index contributed by atoms with van der Waals surface area (Å²) in [5, 5.41) is 3.00. The number of esters is 1. The largest absolute Gasteiger partial charge is 0.452 e. The quantitative estimate of drug-likeness (QED) is 0.524. The molecule has 0 bridgehead atoms. The number of nitrogens with zero attached hydrogens (tertiary/aromatic N) is 1. The summed E-state index contributed by atoms with van der Waals surface area (Å²) >= 11 is 9.35. The molecule has 0 unspecified atom stereocenters. The Bertz CT molecular complexity index is 1010. The number of carbonyl (C=O) groups excluding carboxylic acids is 2. The molecule has 1 N–H and O–H groups in total. The summed E-state index contributed by atoms with van der Waals surface area (Å²) in [6, 6.07) is 16.2. The first-order valence-electron chi connectivity index (χ1n) is 8.52. The van der Waals surface area contributed by atoms with E-state index in [9.17, 15) is 9.59 Å². The van der Waals surface area contributed by atoms with Crippen LogP contribution >= 0.6 is 27.5 Å². The van der Waals surface area contributed by atoms with Crippen molar-refractivity contribution in [2.75, 3.05) is 11.9 Å². The molecule has 5 nitrogen and oxygen atoms in total. The van der Waals surface area contributed by atoms with Crippen molar-refractivity contribution >= 4 is 45.1 Å². The third-order valence-electron chi connectivity index (χ3n) is 4.17. The number of hydrogen-bond donors (Lipinski definition) is 1. The second kappa shape index (κ2) is 8.63. The lowest BCUT2D eigenvalue weighted by molar-refractivity contribution is -0.119. The molecule has 0 aliphatic rings. The highest BCUT2D eigenvalue weighted by Crippen LogP contribution is 2.25. The lowest BCUT2D eigenvalue weighted by atomic mass is 10.2. The van der Waals surface area contributed by atoms with E-state index in [1.807, 2.05) is 38.1 Å². The van der Waals surface area contributed by atoms with Crippen molar-refractivity contribution in [3.05, 3.63) is 81.0 Å². The van der Waals surface area contributed by atoms with Crippen LogP contribution in [0.1, 0.15) is 21.7 Å². The van der Waals surface area contributed by atoms with Crippen LogP contribution in [0.2, 0.25) is 5.02 Å². The zero-order valence-corrected chi connectivity index (χ0v) is 17.7. The monoisotopic (exact) mass is 460 g/mol. The summed E-state index contributed by atoms with van der Waals surface area (Å²) < 4.78 is 7.98. The average molecular weight is 462 g/mol. The number of ether oxygens (including phenoxy) is 1. The third-order valence-corrected chi connectivity index (χ3v) is 4.98. The van der Waals surface area contributed by atoms with Gasteiger partial charge in [-0.15, -0.1) is 0 Å². The molecule has 0 radical (unpaired) electrons. The van der Waals surface area contributed by atoms with E-state index in [-0.39, 0.29) is 0 Å². The van der Waals surface area contributed by atoms with Crippen LogP contribution in [0.25, 0.3) is 5.69 Å². The molecule has 0 fully saturated rings. The topological polar surface area (TPSA) is 60.3 Å². The number of nitrogens with one attached hydrogen (secondary N) is 1. The van der Waals surface area contributed by atoms with Gasteiger partial charge in [-0.25, -0.2) is 4.79 Å². The lowest BCUT2D eigenvalue weighted by Gasteiger charge is -2.11. The molecule has 1 amide bonds. The van der Waals surface area contributed by atoms with Crippen LogP contribution in [0.4, 0.5) is 5.69 Å². The van der Waals surface area contributed by atoms with Gasteiger partial charge in [0.1, 0.15) is 0 Å². The highest BCUT2D eigenvalue weighted by molar-refractivity contribution is 9.10. The molecule has 1 aromatic heterocycles. The molecular formula is C21H18BrClN2O3. The van der Waals surface area contributed by atoms with Gasteiger partial charge in [0.25, 0.3) is 5.91 Å². The Morgan fingerprint density at radius 1 is 1.04 bits per heavy atom. The normalized spacial score (nSPS) is 10.6. The van der Waals surface area contributed by atoms with Crippen LogP contribution in [-0.2, 0) is 9.53 Å². The average Bonchev–Trinajstić information content (AvgIpc) is 3.00. The number of benzene rings is 2. The molecule has 0 atom stereocenters. The van der Waals surface area contributed by atoms with Crippen molar-refractivity contribution in [2.24, 2.45) is 0 Å². The van der Waals surface area contributed by atoms with E-state index < -0.39 is 18.5 Å². The number of aryl methyl sites for hydroxylation is 2. The molecule has 0 aliphatic heterocycles. The van der Waals surface area contributed by atoms with Crippen LogP contribution in [-0.4, -0.2) is 23.1 Å². The first kappa shape index (κ1) is 20.2. The van der Waals surface area contributed by atoms with Crippen molar-refractivity contribution < 1.29 is 14.3 Å². The number of rotatable bonds is 5. The summed E-state index contributed by atoms with van der Waals surface area (Å²) in [6.45, 7) is 3.64. The van der Waals surface area contributed by atoms with Crippen LogP contribution in [0.3, 0.4) is 0 Å². The fourth-order valence-electron chi connectivity index (χ4n) is 2.81. The highest BCUT2D eigenvalue weighted by Gasteiger charge is 2.12. The van der Waals surface area contributed by atoms with Gasteiger partial charge in [0.05, 0.1) is 16.3 Å². The molecule has 0 saturated carbocycles. The van der Waals surface area contributed by atoms with Gasteiger partial charge in [0, 0.05) is 21.5 Å². The maximum absolute atomic E-state index is 12.2. The second-order valence-corrected chi connectivity index (χ2v) is 7.57. The molecule has 0 spiro atoms. The molecule has 0 aliphatic carbocycles. The van der Waals surface area contributed by atoms with E-state index in [0.717, 1.165) is 21.5 Å². The summed E-state index contributed by atoms with van der Waals surface area (Å²) in [5.41, 5.74) is 4.00. The minimum Gasteiger partial charge on any atom is -0.452 e. The second-order valence-electron chi connectivity index (χ2n) is 6.25. The van der Waals surface area contributed by atoms with Gasteiger partial charge in [-0.1, -0.05) is 27.5 Å². The standard InChI is InChI=1S/C21H18BrClN2O3/c1-13-3-4-14(2)25(13)17-8-5-15(6-9-17)21(27)28-12-20(26)24-19-10-7-16(22)11-18(19)23/h3-11H,12H2,1-2H3,(H,24,26). The van der Waals surface area contributed by atoms with Crippen molar-refractivity contribution in [1.82, 2.24) is 4.57 Å². The Kier molecular flexibility index (Phi) is 6.21. The van der Waals surface area contributed by atoms with Gasteiger partial charge in [-0.3, -0.25) is 4.79 Å². The van der Waals surface area contributed by atoms with E-state index in [4.69, 9.17) is 16.3 Å². The summed E-state index contributed by atoms with van der Waals surface area (Å²) in [5.74, 6) is -1.03. The van der Waals surface area contributed by atoms with Gasteiger partial charge in [0.2, 0.25) is 0 Å². The third kappa shape index (κ3) is 4.64. The summed E-state index contributed by atoms with van der Waals surface area (Å²) in [6.07, 6.45) is 0. The predicted molar refractivity (Wildman–Crippen MR) is 113 cm³/mol. The Labute approximate surface area is 176 Å². The molecule has 7 heteroatoms. The Hall–Kier alpha value is -2.57. The van der Waals surface area contributed by atoms with Crippen molar-refractivity contribution in [3.8, 4) is 5.69 Å². The number of amides is 1. The Balaban J connectivity index is 1.59. The number of halogens is 2. The number of aromatic nitrogens is 1. The minimum absolute atomic E-state index is 0.376. The maximum Gasteiger partial charge on any atom is 0.338 e. The van der Waals surface area contributed by atoms with Crippen LogP contribution in [0.15, 0.2) is 59.1 Å².